The van der Waals surface area contributed by atoms with E-state index in [4.69, 9.17) is 21.7 Å². The van der Waals surface area contributed by atoms with Gasteiger partial charge in [-0.25, -0.2) is 22.8 Å². The molecule has 2 aromatic carbocycles. The Bertz CT molecular complexity index is 1710. The Morgan fingerprint density at radius 1 is 1.07 bits per heavy atom. The molecule has 2 N–H and O–H groups in total. The van der Waals surface area contributed by atoms with Gasteiger partial charge in [0.1, 0.15) is 29.0 Å². The van der Waals surface area contributed by atoms with Crippen molar-refractivity contribution >= 4 is 57.4 Å². The Hall–Kier alpha value is -4.53. The Kier molecular flexibility index (Phi) is 9.37. The Morgan fingerprint density at radius 2 is 1.78 bits per heavy atom. The number of cyclic esters (lactones) is 1. The lowest BCUT2D eigenvalue weighted by Gasteiger charge is -2.38. The SMILES string of the molecule is CCOC(=O)c1cn(CC)c2c(F)c(N3CCN(c4ccc(N5CC(CNC(=S)NC)OC5=O)cc4F)CC3)c(F)cc2c1=O. The van der Waals surface area contributed by atoms with Crippen molar-refractivity contribution in [3.63, 3.8) is 0 Å². The zero-order chi connectivity index (χ0) is 32.4. The number of benzene rings is 2. The van der Waals surface area contributed by atoms with Crippen LogP contribution in [0.2, 0.25) is 0 Å². The summed E-state index contributed by atoms with van der Waals surface area (Å²) in [4.78, 5) is 42.4. The summed E-state index contributed by atoms with van der Waals surface area (Å²) in [6.07, 6.45) is 0.167. The molecule has 3 aromatic rings. The smallest absolute Gasteiger partial charge is 0.414 e. The highest BCUT2D eigenvalue weighted by atomic mass is 32.1. The maximum absolute atomic E-state index is 16.0. The number of aryl methyl sites for hydroxylation is 1. The topological polar surface area (TPSA) is 108 Å². The molecule has 2 fully saturated rings. The number of halogens is 3. The predicted molar refractivity (Wildman–Crippen MR) is 168 cm³/mol. The first-order valence-corrected chi connectivity index (χ1v) is 14.9. The third kappa shape index (κ3) is 6.21. The lowest BCUT2D eigenvalue weighted by Crippen LogP contribution is -2.47. The number of hydrogen-bond donors (Lipinski definition) is 2. The monoisotopic (exact) mass is 646 g/mol. The number of anilines is 3. The quantitative estimate of drug-likeness (QED) is 0.280. The summed E-state index contributed by atoms with van der Waals surface area (Å²) in [5.41, 5.74) is -0.892. The second-order valence-corrected chi connectivity index (χ2v) is 10.9. The van der Waals surface area contributed by atoms with E-state index in [9.17, 15) is 14.4 Å². The molecule has 0 saturated carbocycles. The van der Waals surface area contributed by atoms with Crippen molar-refractivity contribution in [2.45, 2.75) is 26.5 Å². The fourth-order valence-electron chi connectivity index (χ4n) is 5.59. The predicted octanol–water partition coefficient (Wildman–Crippen LogP) is 3.36. The number of carbonyl (C=O) groups excluding carboxylic acids is 2. The van der Waals surface area contributed by atoms with Gasteiger partial charge in [-0.15, -0.1) is 0 Å². The van der Waals surface area contributed by atoms with Crippen molar-refractivity contribution in [3.8, 4) is 0 Å². The van der Waals surface area contributed by atoms with Crippen LogP contribution in [0.15, 0.2) is 35.3 Å². The lowest BCUT2D eigenvalue weighted by atomic mass is 10.1. The summed E-state index contributed by atoms with van der Waals surface area (Å²) in [5, 5.41) is 5.86. The molecule has 2 aliphatic rings. The fourth-order valence-corrected chi connectivity index (χ4v) is 5.68. The summed E-state index contributed by atoms with van der Waals surface area (Å²) < 4.78 is 58.4. The van der Waals surface area contributed by atoms with Crippen molar-refractivity contribution in [1.29, 1.82) is 0 Å². The number of fused-ring (bicyclic) bond motifs is 1. The molecule has 0 spiro atoms. The maximum atomic E-state index is 16.0. The molecule has 0 aliphatic carbocycles. The Morgan fingerprint density at radius 3 is 2.42 bits per heavy atom. The third-order valence-electron chi connectivity index (χ3n) is 7.84. The van der Waals surface area contributed by atoms with Gasteiger partial charge in [0.15, 0.2) is 10.9 Å². The highest BCUT2D eigenvalue weighted by Crippen LogP contribution is 2.33. The standard InChI is InChI=1S/C30H33F3N6O5S/c1-4-36-16-20(28(41)43-5-2)27(40)19-13-22(32)26(24(33)25(19)36)38-10-8-37(9-11-38)23-7-6-17(12-21(23)31)39-15-18(44-30(39)42)14-35-29(45)34-3/h6-7,12-13,16,18H,4-5,8-11,14-15H2,1-3H3,(H2,34,35,45). The summed E-state index contributed by atoms with van der Waals surface area (Å²) in [6, 6.07) is 5.40. The maximum Gasteiger partial charge on any atom is 0.414 e. The number of nitrogens with zero attached hydrogens (tertiary/aromatic N) is 4. The molecule has 0 radical (unpaired) electrons. The van der Waals surface area contributed by atoms with E-state index in [1.807, 2.05) is 0 Å². The lowest BCUT2D eigenvalue weighted by molar-refractivity contribution is 0.0524. The second-order valence-electron chi connectivity index (χ2n) is 10.5. The summed E-state index contributed by atoms with van der Waals surface area (Å²) >= 11 is 5.04. The number of pyridine rings is 1. The van der Waals surface area contributed by atoms with E-state index in [2.05, 4.69) is 10.6 Å². The van der Waals surface area contributed by atoms with Crippen LogP contribution in [0.25, 0.3) is 10.9 Å². The summed E-state index contributed by atoms with van der Waals surface area (Å²) in [5.74, 6) is -3.27. The molecule has 15 heteroatoms. The van der Waals surface area contributed by atoms with E-state index in [1.165, 1.54) is 26.6 Å². The van der Waals surface area contributed by atoms with Crippen LogP contribution in [0.3, 0.4) is 0 Å². The van der Waals surface area contributed by atoms with Crippen molar-refractivity contribution < 1.29 is 32.2 Å². The van der Waals surface area contributed by atoms with Gasteiger partial charge in [0.05, 0.1) is 42.0 Å². The zero-order valence-corrected chi connectivity index (χ0v) is 25.8. The minimum Gasteiger partial charge on any atom is -0.462 e. The molecule has 240 valence electrons. The van der Waals surface area contributed by atoms with Crippen LogP contribution in [-0.4, -0.2) is 80.8 Å². The van der Waals surface area contributed by atoms with Gasteiger partial charge in [-0.2, -0.15) is 0 Å². The van der Waals surface area contributed by atoms with Gasteiger partial charge in [-0.05, 0) is 50.3 Å². The third-order valence-corrected chi connectivity index (χ3v) is 8.19. The number of ether oxygens (including phenoxy) is 2. The van der Waals surface area contributed by atoms with E-state index in [1.54, 1.807) is 37.9 Å². The first-order chi connectivity index (χ1) is 21.6. The van der Waals surface area contributed by atoms with Gasteiger partial charge in [-0.3, -0.25) is 9.69 Å². The van der Waals surface area contributed by atoms with Crippen LogP contribution in [0.1, 0.15) is 24.2 Å². The van der Waals surface area contributed by atoms with Crippen molar-refractivity contribution in [2.75, 3.05) is 67.6 Å². The van der Waals surface area contributed by atoms with E-state index in [0.29, 0.717) is 17.3 Å². The number of amides is 1. The van der Waals surface area contributed by atoms with Crippen LogP contribution in [-0.2, 0) is 16.0 Å². The number of esters is 1. The molecule has 0 bridgehead atoms. The van der Waals surface area contributed by atoms with Crippen molar-refractivity contribution in [2.24, 2.45) is 0 Å². The highest BCUT2D eigenvalue weighted by molar-refractivity contribution is 7.80. The molecular formula is C30H33F3N6O5S. The molecule has 1 aromatic heterocycles. The molecule has 5 rings (SSSR count). The fraction of sp³-hybridized carbons (Fsp3) is 0.400. The van der Waals surface area contributed by atoms with E-state index >= 15 is 13.2 Å². The van der Waals surface area contributed by atoms with E-state index in [0.717, 1.165) is 6.07 Å². The van der Waals surface area contributed by atoms with E-state index in [-0.39, 0.29) is 73.7 Å². The Balaban J connectivity index is 1.32. The summed E-state index contributed by atoms with van der Waals surface area (Å²) in [7, 11) is 1.67. The van der Waals surface area contributed by atoms with Crippen LogP contribution in [0, 0.1) is 17.5 Å². The highest BCUT2D eigenvalue weighted by Gasteiger charge is 2.33. The first-order valence-electron chi connectivity index (χ1n) is 14.5. The Labute approximate surface area is 262 Å². The van der Waals surface area contributed by atoms with E-state index < -0.39 is 41.0 Å². The number of rotatable bonds is 8. The number of piperazine rings is 1. The second kappa shape index (κ2) is 13.2. The van der Waals surface area contributed by atoms with Gasteiger partial charge >= 0.3 is 12.1 Å². The largest absolute Gasteiger partial charge is 0.462 e. The molecule has 1 atom stereocenters. The molecule has 45 heavy (non-hydrogen) atoms. The number of carbonyl (C=O) groups is 2. The molecule has 1 unspecified atom stereocenters. The number of hydrogen-bond acceptors (Lipinski definition) is 8. The van der Waals surface area contributed by atoms with Crippen molar-refractivity contribution in [3.05, 3.63) is 63.7 Å². The molecule has 2 saturated heterocycles. The molecule has 2 aliphatic heterocycles. The minimum absolute atomic E-state index is 0.0445. The van der Waals surface area contributed by atoms with Gasteiger partial charge < -0.3 is 34.5 Å². The first kappa shape index (κ1) is 31.9. The minimum atomic E-state index is -0.941. The molecular weight excluding hydrogens is 613 g/mol. The zero-order valence-electron chi connectivity index (χ0n) is 25.0. The average Bonchev–Trinajstić information content (AvgIpc) is 3.40. The number of nitrogens with one attached hydrogen (secondary N) is 2. The number of aromatic nitrogens is 1. The number of thiocarbonyl (C=S) groups is 1. The van der Waals surface area contributed by atoms with Gasteiger partial charge in [0.25, 0.3) is 0 Å². The summed E-state index contributed by atoms with van der Waals surface area (Å²) in [6.45, 7) is 4.91. The van der Waals surface area contributed by atoms with Gasteiger partial charge in [0, 0.05) is 46.0 Å². The van der Waals surface area contributed by atoms with Crippen molar-refractivity contribution in [1.82, 2.24) is 15.2 Å². The molecule has 1 amide bonds. The molecule has 3 heterocycles. The van der Waals surface area contributed by atoms with Crippen LogP contribution in [0.5, 0.6) is 0 Å². The van der Waals surface area contributed by atoms with Crippen LogP contribution in [0.4, 0.5) is 35.0 Å². The normalized spacial score (nSPS) is 16.6. The van der Waals surface area contributed by atoms with Crippen LogP contribution >= 0.6 is 12.2 Å². The average molecular weight is 647 g/mol. The van der Waals surface area contributed by atoms with Gasteiger partial charge in [0.2, 0.25) is 5.43 Å². The molecule has 11 nitrogen and oxygen atoms in total. The van der Waals surface area contributed by atoms with Crippen LogP contribution < -0.4 is 30.8 Å². The van der Waals surface area contributed by atoms with Gasteiger partial charge in [-0.1, -0.05) is 0 Å².